The molecule has 0 heterocycles. The number of hydrogen-bond donors (Lipinski definition) is 0. The van der Waals surface area contributed by atoms with Crippen LogP contribution in [0.25, 0.3) is 33.7 Å². The monoisotopic (exact) mass is 306 g/mol. The summed E-state index contributed by atoms with van der Waals surface area (Å²) in [6.45, 7) is 0. The maximum atomic E-state index is 2.27. The van der Waals surface area contributed by atoms with Crippen molar-refractivity contribution in [2.45, 2.75) is 0 Å². The fourth-order valence-corrected chi connectivity index (χ4v) is 3.11. The maximum absolute atomic E-state index is 2.27. The van der Waals surface area contributed by atoms with Gasteiger partial charge in [-0.3, -0.25) is 0 Å². The first-order valence-corrected chi connectivity index (χ1v) is 8.22. The molecule has 0 aliphatic rings. The Labute approximate surface area is 142 Å². The molecule has 4 aromatic rings. The maximum Gasteiger partial charge on any atom is -0.00994 e. The lowest BCUT2D eigenvalue weighted by atomic mass is 9.97. The van der Waals surface area contributed by atoms with E-state index in [0.29, 0.717) is 0 Å². The van der Waals surface area contributed by atoms with Crippen molar-refractivity contribution in [3.05, 3.63) is 108 Å². The highest BCUT2D eigenvalue weighted by Gasteiger charge is 2.03. The summed E-state index contributed by atoms with van der Waals surface area (Å²) in [5.74, 6) is 0. The molecular weight excluding hydrogens is 288 g/mol. The molecule has 4 aromatic carbocycles. The van der Waals surface area contributed by atoms with Gasteiger partial charge in [-0.15, -0.1) is 0 Å². The molecule has 0 nitrogen and oxygen atoms in total. The summed E-state index contributed by atoms with van der Waals surface area (Å²) in [5.41, 5.74) is 2.47. The highest BCUT2D eigenvalue weighted by molar-refractivity contribution is 6.10. The molecule has 0 aliphatic carbocycles. The summed E-state index contributed by atoms with van der Waals surface area (Å²) in [6.07, 6.45) is 8.52. The fraction of sp³-hybridized carbons (Fsp3) is 0. The lowest BCUT2D eigenvalue weighted by Crippen LogP contribution is -1.82. The molecule has 0 bridgehead atoms. The van der Waals surface area contributed by atoms with Crippen LogP contribution in [0.1, 0.15) is 11.1 Å². The zero-order valence-electron chi connectivity index (χ0n) is 13.4. The Balaban J connectivity index is 1.75. The molecular formula is C24H18. The van der Waals surface area contributed by atoms with Crippen LogP contribution < -0.4 is 0 Å². The summed E-state index contributed by atoms with van der Waals surface area (Å²) >= 11 is 0. The van der Waals surface area contributed by atoms with E-state index in [9.17, 15) is 0 Å². The molecule has 0 unspecified atom stereocenters. The molecule has 0 N–H and O–H groups in total. The van der Waals surface area contributed by atoms with E-state index < -0.39 is 0 Å². The van der Waals surface area contributed by atoms with Crippen molar-refractivity contribution in [1.82, 2.24) is 0 Å². The van der Waals surface area contributed by atoms with Gasteiger partial charge in [0.2, 0.25) is 0 Å². The summed E-state index contributed by atoms with van der Waals surface area (Å²) in [6, 6.07) is 29.8. The number of hydrogen-bond acceptors (Lipinski definition) is 0. The van der Waals surface area contributed by atoms with Gasteiger partial charge in [-0.2, -0.15) is 0 Å². The summed E-state index contributed by atoms with van der Waals surface area (Å²) in [7, 11) is 0. The van der Waals surface area contributed by atoms with Crippen LogP contribution in [0.2, 0.25) is 0 Å². The molecule has 24 heavy (non-hydrogen) atoms. The molecule has 0 saturated heterocycles. The molecule has 0 atom stereocenters. The molecule has 0 fully saturated rings. The zero-order valence-corrected chi connectivity index (χ0v) is 13.4. The Bertz CT molecular complexity index is 1040. The second-order valence-corrected chi connectivity index (χ2v) is 5.86. The van der Waals surface area contributed by atoms with Gasteiger partial charge in [0.05, 0.1) is 0 Å². The van der Waals surface area contributed by atoms with E-state index in [1.165, 1.54) is 32.7 Å². The van der Waals surface area contributed by atoms with Crippen LogP contribution in [0, 0.1) is 0 Å². The number of allylic oxidation sites excluding steroid dienone is 2. The second kappa shape index (κ2) is 6.55. The number of rotatable bonds is 3. The topological polar surface area (TPSA) is 0 Å². The molecule has 0 spiro atoms. The Morgan fingerprint density at radius 2 is 1.12 bits per heavy atom. The van der Waals surface area contributed by atoms with Gasteiger partial charge < -0.3 is 0 Å². The Morgan fingerprint density at radius 1 is 0.500 bits per heavy atom. The van der Waals surface area contributed by atoms with E-state index in [1.807, 2.05) is 6.07 Å². The quantitative estimate of drug-likeness (QED) is 0.291. The Kier molecular flexibility index (Phi) is 3.95. The minimum atomic E-state index is 1.21. The first-order valence-electron chi connectivity index (χ1n) is 8.22. The van der Waals surface area contributed by atoms with Gasteiger partial charge in [0.1, 0.15) is 0 Å². The second-order valence-electron chi connectivity index (χ2n) is 5.86. The minimum absolute atomic E-state index is 1.21. The predicted octanol–water partition coefficient (Wildman–Crippen LogP) is 6.72. The van der Waals surface area contributed by atoms with Gasteiger partial charge in [-0.05, 0) is 38.7 Å². The molecule has 0 radical (unpaired) electrons. The molecule has 4 rings (SSSR count). The molecule has 0 aromatic heterocycles. The van der Waals surface area contributed by atoms with Crippen LogP contribution >= 0.6 is 0 Å². The molecule has 114 valence electrons. The van der Waals surface area contributed by atoms with Gasteiger partial charge in [0.15, 0.2) is 0 Å². The van der Waals surface area contributed by atoms with Crippen molar-refractivity contribution in [3.8, 4) is 0 Å². The average Bonchev–Trinajstić information content (AvgIpc) is 2.66. The summed E-state index contributed by atoms with van der Waals surface area (Å²) < 4.78 is 0. The van der Waals surface area contributed by atoms with E-state index in [4.69, 9.17) is 0 Å². The smallest absolute Gasteiger partial charge is 0.00994 e. The minimum Gasteiger partial charge on any atom is -0.0622 e. The molecule has 0 amide bonds. The average molecular weight is 306 g/mol. The van der Waals surface area contributed by atoms with E-state index >= 15 is 0 Å². The molecule has 0 aliphatic heterocycles. The standard InChI is InChI=1S/C24H18/c1-2-10-19(11-3-1)12-4-5-13-20-18-21-14-6-7-15-22(21)24-17-9-8-16-23(20)24/h1-18H/b12-4+,13-5+. The predicted molar refractivity (Wildman–Crippen MR) is 106 cm³/mol. The van der Waals surface area contributed by atoms with Crippen molar-refractivity contribution < 1.29 is 0 Å². The van der Waals surface area contributed by atoms with Crippen molar-refractivity contribution in [1.29, 1.82) is 0 Å². The third-order valence-electron chi connectivity index (χ3n) is 4.28. The molecule has 0 heteroatoms. The van der Waals surface area contributed by atoms with Crippen molar-refractivity contribution in [2.75, 3.05) is 0 Å². The van der Waals surface area contributed by atoms with Crippen LogP contribution in [0.5, 0.6) is 0 Å². The number of fused-ring (bicyclic) bond motifs is 3. The van der Waals surface area contributed by atoms with Gasteiger partial charge >= 0.3 is 0 Å². The van der Waals surface area contributed by atoms with Crippen LogP contribution in [0.4, 0.5) is 0 Å². The first kappa shape index (κ1) is 14.5. The van der Waals surface area contributed by atoms with Crippen molar-refractivity contribution in [2.24, 2.45) is 0 Å². The SMILES string of the molecule is C(/C=C/c1cc2ccccc2c2ccccc12)=C\c1ccccc1. The highest BCUT2D eigenvalue weighted by Crippen LogP contribution is 2.29. The van der Waals surface area contributed by atoms with Crippen molar-refractivity contribution >= 4 is 33.7 Å². The highest BCUT2D eigenvalue weighted by atomic mass is 14.1. The molecule has 0 saturated carbocycles. The largest absolute Gasteiger partial charge is 0.0622 e. The van der Waals surface area contributed by atoms with Crippen LogP contribution in [-0.4, -0.2) is 0 Å². The lowest BCUT2D eigenvalue weighted by Gasteiger charge is -2.07. The third-order valence-corrected chi connectivity index (χ3v) is 4.28. The normalized spacial score (nSPS) is 11.8. The zero-order chi connectivity index (χ0) is 16.2. The lowest BCUT2D eigenvalue weighted by molar-refractivity contribution is 1.66. The van der Waals surface area contributed by atoms with E-state index in [0.717, 1.165) is 0 Å². The van der Waals surface area contributed by atoms with E-state index in [1.54, 1.807) is 0 Å². The Hall–Kier alpha value is -3.12. The van der Waals surface area contributed by atoms with Crippen molar-refractivity contribution in [3.63, 3.8) is 0 Å². The van der Waals surface area contributed by atoms with Crippen LogP contribution in [0.15, 0.2) is 97.1 Å². The van der Waals surface area contributed by atoms with Gasteiger partial charge in [0, 0.05) is 0 Å². The number of benzene rings is 4. The van der Waals surface area contributed by atoms with E-state index in [2.05, 4.69) is 103 Å². The Morgan fingerprint density at radius 3 is 1.96 bits per heavy atom. The summed E-state index contributed by atoms with van der Waals surface area (Å²) in [4.78, 5) is 0. The first-order chi connectivity index (χ1) is 11.9. The van der Waals surface area contributed by atoms with Gasteiger partial charge in [-0.25, -0.2) is 0 Å². The van der Waals surface area contributed by atoms with Crippen LogP contribution in [-0.2, 0) is 0 Å². The van der Waals surface area contributed by atoms with E-state index in [-0.39, 0.29) is 0 Å². The third kappa shape index (κ3) is 2.87. The van der Waals surface area contributed by atoms with Gasteiger partial charge in [-0.1, -0.05) is 103 Å². The summed E-state index contributed by atoms with van der Waals surface area (Å²) in [5, 5.41) is 5.19. The van der Waals surface area contributed by atoms with Gasteiger partial charge in [0.25, 0.3) is 0 Å². The fourth-order valence-electron chi connectivity index (χ4n) is 3.11. The van der Waals surface area contributed by atoms with Crippen LogP contribution in [0.3, 0.4) is 0 Å².